The molecular weight excluding hydrogens is 249 g/mol. The molecule has 18 heavy (non-hydrogen) atoms. The maximum absolute atomic E-state index is 11.9. The Bertz CT molecular complexity index is 421. The number of ether oxygens (including phenoxy) is 2. The van der Waals surface area contributed by atoms with Crippen molar-refractivity contribution in [1.82, 2.24) is 0 Å². The van der Waals surface area contributed by atoms with E-state index in [-0.39, 0.29) is 23.4 Å². The van der Waals surface area contributed by atoms with E-state index in [1.807, 2.05) is 0 Å². The number of carbonyl (C=O) groups is 1. The van der Waals surface area contributed by atoms with Crippen LogP contribution in [0.25, 0.3) is 0 Å². The van der Waals surface area contributed by atoms with Gasteiger partial charge < -0.3 is 9.47 Å². The minimum atomic E-state index is -4.72. The van der Waals surface area contributed by atoms with Gasteiger partial charge in [0.2, 0.25) is 0 Å². The Balaban J connectivity index is 1.92. The first kappa shape index (κ1) is 12.7. The maximum Gasteiger partial charge on any atom is 0.573 e. The van der Waals surface area contributed by atoms with Crippen molar-refractivity contribution in [3.8, 4) is 11.5 Å². The monoisotopic (exact) mass is 260 g/mol. The normalized spacial score (nSPS) is 15.9. The van der Waals surface area contributed by atoms with Gasteiger partial charge in [-0.1, -0.05) is 6.42 Å². The van der Waals surface area contributed by atoms with Gasteiger partial charge in [-0.25, -0.2) is 0 Å². The first-order valence-electron chi connectivity index (χ1n) is 5.51. The number of halogens is 3. The van der Waals surface area contributed by atoms with Crippen LogP contribution in [-0.2, 0) is 4.79 Å². The third-order valence-electron chi connectivity index (χ3n) is 2.71. The van der Waals surface area contributed by atoms with E-state index in [2.05, 4.69) is 4.74 Å². The quantitative estimate of drug-likeness (QED) is 0.618. The van der Waals surface area contributed by atoms with Crippen molar-refractivity contribution in [2.24, 2.45) is 5.92 Å². The standard InChI is InChI=1S/C12H11F3O3/c13-12(14,15)18-10-6-4-9(5-7-10)17-11(16)8-2-1-3-8/h4-8H,1-3H2. The van der Waals surface area contributed by atoms with E-state index >= 15 is 0 Å². The molecule has 98 valence electrons. The lowest BCUT2D eigenvalue weighted by molar-refractivity contribution is -0.274. The minimum Gasteiger partial charge on any atom is -0.426 e. The van der Waals surface area contributed by atoms with Gasteiger partial charge >= 0.3 is 12.3 Å². The number of alkyl halides is 3. The number of hydrogen-bond acceptors (Lipinski definition) is 3. The lowest BCUT2D eigenvalue weighted by atomic mass is 9.86. The average molecular weight is 260 g/mol. The van der Waals surface area contributed by atoms with E-state index in [0.717, 1.165) is 31.4 Å². The average Bonchev–Trinajstić information content (AvgIpc) is 2.16. The summed E-state index contributed by atoms with van der Waals surface area (Å²) in [6.07, 6.45) is -2.08. The van der Waals surface area contributed by atoms with E-state index in [9.17, 15) is 18.0 Å². The highest BCUT2D eigenvalue weighted by molar-refractivity contribution is 5.75. The van der Waals surface area contributed by atoms with E-state index in [1.54, 1.807) is 0 Å². The zero-order valence-electron chi connectivity index (χ0n) is 9.37. The molecule has 0 spiro atoms. The maximum atomic E-state index is 11.9. The number of hydrogen-bond donors (Lipinski definition) is 0. The molecule has 0 aliphatic heterocycles. The summed E-state index contributed by atoms with van der Waals surface area (Å²) in [5.74, 6) is -0.519. The van der Waals surface area contributed by atoms with Crippen molar-refractivity contribution < 1.29 is 27.4 Å². The van der Waals surface area contributed by atoms with Crippen molar-refractivity contribution in [3.63, 3.8) is 0 Å². The van der Waals surface area contributed by atoms with Crippen LogP contribution in [0.1, 0.15) is 19.3 Å². The fourth-order valence-electron chi connectivity index (χ4n) is 1.55. The highest BCUT2D eigenvalue weighted by Gasteiger charge is 2.31. The van der Waals surface area contributed by atoms with Crippen molar-refractivity contribution in [3.05, 3.63) is 24.3 Å². The summed E-state index contributed by atoms with van der Waals surface area (Å²) in [5.41, 5.74) is 0. The predicted octanol–water partition coefficient (Wildman–Crippen LogP) is 3.29. The molecule has 0 atom stereocenters. The lowest BCUT2D eigenvalue weighted by Crippen LogP contribution is -2.26. The SMILES string of the molecule is O=C(Oc1ccc(OC(F)(F)F)cc1)C1CCC1. The van der Waals surface area contributed by atoms with Crippen LogP contribution < -0.4 is 9.47 Å². The summed E-state index contributed by atoms with van der Waals surface area (Å²) >= 11 is 0. The molecule has 0 unspecified atom stereocenters. The van der Waals surface area contributed by atoms with Crippen molar-refractivity contribution in [2.75, 3.05) is 0 Å². The second kappa shape index (κ2) is 4.88. The van der Waals surface area contributed by atoms with Gasteiger partial charge in [-0.3, -0.25) is 4.79 Å². The van der Waals surface area contributed by atoms with Gasteiger partial charge in [0, 0.05) is 0 Å². The van der Waals surface area contributed by atoms with Crippen molar-refractivity contribution >= 4 is 5.97 Å². The van der Waals surface area contributed by atoms with Crippen LogP contribution >= 0.6 is 0 Å². The highest BCUT2D eigenvalue weighted by atomic mass is 19.4. The Morgan fingerprint density at radius 2 is 1.67 bits per heavy atom. The van der Waals surface area contributed by atoms with Crippen LogP contribution in [-0.4, -0.2) is 12.3 Å². The van der Waals surface area contributed by atoms with Gasteiger partial charge in [-0.15, -0.1) is 13.2 Å². The van der Waals surface area contributed by atoms with Crippen molar-refractivity contribution in [1.29, 1.82) is 0 Å². The Morgan fingerprint density at radius 3 is 2.11 bits per heavy atom. The molecule has 0 amide bonds. The zero-order chi connectivity index (χ0) is 13.2. The second-order valence-electron chi connectivity index (χ2n) is 4.07. The van der Waals surface area contributed by atoms with Gasteiger partial charge in [0.25, 0.3) is 0 Å². The molecule has 0 bridgehead atoms. The van der Waals surface area contributed by atoms with Crippen LogP contribution in [0.4, 0.5) is 13.2 Å². The largest absolute Gasteiger partial charge is 0.573 e. The number of rotatable bonds is 3. The summed E-state index contributed by atoms with van der Waals surface area (Å²) < 4.78 is 44.4. The first-order chi connectivity index (χ1) is 8.44. The molecule has 1 aromatic carbocycles. The van der Waals surface area contributed by atoms with E-state index in [1.165, 1.54) is 12.1 Å². The third kappa shape index (κ3) is 3.38. The molecule has 0 heterocycles. The molecule has 0 saturated heterocycles. The fourth-order valence-corrected chi connectivity index (χ4v) is 1.55. The zero-order valence-corrected chi connectivity index (χ0v) is 9.37. The Morgan fingerprint density at radius 1 is 1.11 bits per heavy atom. The minimum absolute atomic E-state index is 0.0731. The highest BCUT2D eigenvalue weighted by Crippen LogP contribution is 2.29. The second-order valence-corrected chi connectivity index (χ2v) is 4.07. The Labute approximate surface area is 102 Å². The predicted molar refractivity (Wildman–Crippen MR) is 56.1 cm³/mol. The molecule has 0 aromatic heterocycles. The molecule has 1 fully saturated rings. The van der Waals surface area contributed by atoms with Gasteiger partial charge in [-0.05, 0) is 37.1 Å². The molecule has 3 nitrogen and oxygen atoms in total. The summed E-state index contributed by atoms with van der Waals surface area (Å²) in [7, 11) is 0. The number of carbonyl (C=O) groups excluding carboxylic acids is 1. The summed E-state index contributed by atoms with van der Waals surface area (Å²) in [6.45, 7) is 0. The molecule has 1 aliphatic rings. The first-order valence-corrected chi connectivity index (χ1v) is 5.51. The molecular formula is C12H11F3O3. The molecule has 1 aliphatic carbocycles. The van der Waals surface area contributed by atoms with Crippen LogP contribution in [0.5, 0.6) is 11.5 Å². The van der Waals surface area contributed by atoms with Gasteiger partial charge in [-0.2, -0.15) is 0 Å². The summed E-state index contributed by atoms with van der Waals surface area (Å²) in [5, 5.41) is 0. The smallest absolute Gasteiger partial charge is 0.426 e. The van der Waals surface area contributed by atoms with E-state index in [4.69, 9.17) is 4.74 Å². The molecule has 6 heteroatoms. The molecule has 0 N–H and O–H groups in total. The third-order valence-corrected chi connectivity index (χ3v) is 2.71. The topological polar surface area (TPSA) is 35.5 Å². The van der Waals surface area contributed by atoms with E-state index < -0.39 is 6.36 Å². The van der Waals surface area contributed by atoms with Gasteiger partial charge in [0.1, 0.15) is 11.5 Å². The van der Waals surface area contributed by atoms with Crippen LogP contribution in [0.3, 0.4) is 0 Å². The van der Waals surface area contributed by atoms with Gasteiger partial charge in [0.15, 0.2) is 0 Å². The Kier molecular flexibility index (Phi) is 3.45. The number of benzene rings is 1. The van der Waals surface area contributed by atoms with Gasteiger partial charge in [0.05, 0.1) is 5.92 Å². The van der Waals surface area contributed by atoms with Crippen LogP contribution in [0.2, 0.25) is 0 Å². The molecule has 2 rings (SSSR count). The summed E-state index contributed by atoms with van der Waals surface area (Å²) in [4.78, 5) is 11.5. The van der Waals surface area contributed by atoms with E-state index in [0.29, 0.717) is 0 Å². The van der Waals surface area contributed by atoms with Crippen LogP contribution in [0.15, 0.2) is 24.3 Å². The molecule has 1 aromatic rings. The Hall–Kier alpha value is -1.72. The molecule has 1 saturated carbocycles. The van der Waals surface area contributed by atoms with Crippen LogP contribution in [0, 0.1) is 5.92 Å². The summed E-state index contributed by atoms with van der Waals surface area (Å²) in [6, 6.07) is 4.77. The number of esters is 1. The lowest BCUT2D eigenvalue weighted by Gasteiger charge is -2.22. The fraction of sp³-hybridized carbons (Fsp3) is 0.417. The molecule has 0 radical (unpaired) electrons. The van der Waals surface area contributed by atoms with Crippen molar-refractivity contribution in [2.45, 2.75) is 25.6 Å².